The summed E-state index contributed by atoms with van der Waals surface area (Å²) in [5.74, 6) is 0.631. The fourth-order valence-corrected chi connectivity index (χ4v) is 3.87. The minimum atomic E-state index is -1.29. The van der Waals surface area contributed by atoms with Crippen LogP contribution < -0.4 is 14.9 Å². The SMILES string of the molecule is CCOc1cc(/C=N\NC(=O)[C@H](O)c2ccccc2)cc(I)c1OCc1ccc(Br)cc1. The molecule has 0 unspecified atom stereocenters. The first-order chi connectivity index (χ1) is 15.5. The van der Waals surface area contributed by atoms with Gasteiger partial charge in [-0.05, 0) is 70.5 Å². The van der Waals surface area contributed by atoms with Crippen molar-refractivity contribution in [3.63, 3.8) is 0 Å². The molecule has 0 radical (unpaired) electrons. The quantitative estimate of drug-likeness (QED) is 0.198. The summed E-state index contributed by atoms with van der Waals surface area (Å²) in [6.07, 6.45) is 0.209. The minimum absolute atomic E-state index is 0.407. The monoisotopic (exact) mass is 608 g/mol. The molecular formula is C24H22BrIN2O4. The van der Waals surface area contributed by atoms with Gasteiger partial charge in [-0.25, -0.2) is 5.43 Å². The van der Waals surface area contributed by atoms with Gasteiger partial charge in [-0.3, -0.25) is 4.79 Å². The maximum absolute atomic E-state index is 12.1. The Morgan fingerprint density at radius 1 is 1.16 bits per heavy atom. The Hall–Kier alpha value is -2.43. The number of hydrazone groups is 1. The summed E-state index contributed by atoms with van der Waals surface area (Å²) < 4.78 is 13.7. The van der Waals surface area contributed by atoms with Crippen LogP contribution >= 0.6 is 38.5 Å². The number of amides is 1. The van der Waals surface area contributed by atoms with Crippen LogP contribution in [0.15, 0.2) is 76.3 Å². The van der Waals surface area contributed by atoms with Crippen molar-refractivity contribution in [1.82, 2.24) is 5.43 Å². The number of nitrogens with one attached hydrogen (secondary N) is 1. The Balaban J connectivity index is 1.69. The standard InChI is InChI=1S/C24H22BrIN2O4/c1-2-31-21-13-17(14-27-28-24(30)22(29)18-6-4-3-5-7-18)12-20(26)23(21)32-15-16-8-10-19(25)11-9-16/h3-14,22,29H,2,15H2,1H3,(H,28,30)/b27-14-/t22-/m1/s1. The van der Waals surface area contributed by atoms with E-state index in [2.05, 4.69) is 49.0 Å². The predicted octanol–water partition coefficient (Wildman–Crippen LogP) is 5.22. The first-order valence-electron chi connectivity index (χ1n) is 9.87. The van der Waals surface area contributed by atoms with E-state index in [0.29, 0.717) is 30.3 Å². The van der Waals surface area contributed by atoms with Crippen LogP contribution in [0.5, 0.6) is 11.5 Å². The molecule has 166 valence electrons. The van der Waals surface area contributed by atoms with E-state index in [1.54, 1.807) is 30.3 Å². The summed E-state index contributed by atoms with van der Waals surface area (Å²) in [7, 11) is 0. The fourth-order valence-electron chi connectivity index (χ4n) is 2.82. The number of aliphatic hydroxyl groups is 1. The molecule has 0 aliphatic heterocycles. The minimum Gasteiger partial charge on any atom is -0.490 e. The maximum atomic E-state index is 12.1. The van der Waals surface area contributed by atoms with Crippen molar-refractivity contribution in [2.24, 2.45) is 5.10 Å². The van der Waals surface area contributed by atoms with E-state index in [1.165, 1.54) is 6.21 Å². The van der Waals surface area contributed by atoms with Crippen LogP contribution in [0.2, 0.25) is 0 Å². The second-order valence-electron chi connectivity index (χ2n) is 6.73. The summed E-state index contributed by atoms with van der Waals surface area (Å²) in [5, 5.41) is 14.1. The third-order valence-electron chi connectivity index (χ3n) is 4.38. The molecule has 0 heterocycles. The Bertz CT molecular complexity index is 1080. The number of halogens is 2. The van der Waals surface area contributed by atoms with Gasteiger partial charge in [0.2, 0.25) is 0 Å². The van der Waals surface area contributed by atoms with Gasteiger partial charge in [0.1, 0.15) is 6.61 Å². The lowest BCUT2D eigenvalue weighted by molar-refractivity contribution is -0.129. The third-order valence-corrected chi connectivity index (χ3v) is 5.71. The number of nitrogens with zero attached hydrogens (tertiary/aromatic N) is 1. The van der Waals surface area contributed by atoms with E-state index in [0.717, 1.165) is 19.2 Å². The molecular weight excluding hydrogens is 587 g/mol. The first kappa shape index (κ1) is 24.2. The van der Waals surface area contributed by atoms with Crippen LogP contribution in [0, 0.1) is 3.57 Å². The summed E-state index contributed by atoms with van der Waals surface area (Å²) in [6, 6.07) is 20.3. The van der Waals surface area contributed by atoms with Crippen LogP contribution in [-0.2, 0) is 11.4 Å². The highest BCUT2D eigenvalue weighted by molar-refractivity contribution is 14.1. The van der Waals surface area contributed by atoms with E-state index >= 15 is 0 Å². The first-order valence-corrected chi connectivity index (χ1v) is 11.7. The topological polar surface area (TPSA) is 80.2 Å². The Morgan fingerprint density at radius 3 is 2.56 bits per heavy atom. The van der Waals surface area contributed by atoms with Gasteiger partial charge >= 0.3 is 0 Å². The third kappa shape index (κ3) is 6.78. The summed E-state index contributed by atoms with van der Waals surface area (Å²) in [5.41, 5.74) is 4.63. The van der Waals surface area contributed by atoms with Gasteiger partial charge in [0, 0.05) is 4.47 Å². The Morgan fingerprint density at radius 2 is 1.88 bits per heavy atom. The molecule has 0 aliphatic rings. The average molecular weight is 609 g/mol. The van der Waals surface area contributed by atoms with Gasteiger partial charge in [-0.2, -0.15) is 5.10 Å². The number of ether oxygens (including phenoxy) is 2. The zero-order valence-electron chi connectivity index (χ0n) is 17.3. The molecule has 3 rings (SSSR count). The average Bonchev–Trinajstić information content (AvgIpc) is 2.80. The molecule has 3 aromatic carbocycles. The van der Waals surface area contributed by atoms with Crippen molar-refractivity contribution in [2.45, 2.75) is 19.6 Å². The predicted molar refractivity (Wildman–Crippen MR) is 136 cm³/mol. The highest BCUT2D eigenvalue weighted by atomic mass is 127. The lowest BCUT2D eigenvalue weighted by atomic mass is 10.1. The molecule has 1 amide bonds. The molecule has 0 saturated heterocycles. The van der Waals surface area contributed by atoms with Crippen LogP contribution in [0.4, 0.5) is 0 Å². The molecule has 0 aromatic heterocycles. The van der Waals surface area contributed by atoms with Gasteiger partial charge in [0.15, 0.2) is 17.6 Å². The van der Waals surface area contributed by atoms with Crippen LogP contribution in [0.25, 0.3) is 0 Å². The smallest absolute Gasteiger partial charge is 0.273 e. The highest BCUT2D eigenvalue weighted by Gasteiger charge is 2.16. The zero-order valence-corrected chi connectivity index (χ0v) is 21.0. The van der Waals surface area contributed by atoms with Crippen LogP contribution in [0.3, 0.4) is 0 Å². The Kier molecular flexibility index (Phi) is 9.07. The van der Waals surface area contributed by atoms with Gasteiger partial charge in [0.05, 0.1) is 16.4 Å². The van der Waals surface area contributed by atoms with E-state index in [1.807, 2.05) is 43.3 Å². The van der Waals surface area contributed by atoms with Crippen molar-refractivity contribution in [3.05, 3.63) is 91.5 Å². The largest absolute Gasteiger partial charge is 0.490 e. The fraction of sp³-hybridized carbons (Fsp3) is 0.167. The van der Waals surface area contributed by atoms with Crippen molar-refractivity contribution in [2.75, 3.05) is 6.61 Å². The van der Waals surface area contributed by atoms with Gasteiger partial charge in [-0.15, -0.1) is 0 Å². The molecule has 32 heavy (non-hydrogen) atoms. The van der Waals surface area contributed by atoms with Crippen molar-refractivity contribution < 1.29 is 19.4 Å². The van der Waals surface area contributed by atoms with Gasteiger partial charge < -0.3 is 14.6 Å². The number of hydrogen-bond acceptors (Lipinski definition) is 5. The zero-order chi connectivity index (χ0) is 22.9. The number of rotatable bonds is 9. The summed E-state index contributed by atoms with van der Waals surface area (Å²) in [4.78, 5) is 12.1. The number of aliphatic hydroxyl groups excluding tert-OH is 1. The van der Waals surface area contributed by atoms with Gasteiger partial charge in [0.25, 0.3) is 5.91 Å². The van der Waals surface area contributed by atoms with E-state index < -0.39 is 12.0 Å². The second-order valence-corrected chi connectivity index (χ2v) is 8.80. The molecule has 6 nitrogen and oxygen atoms in total. The molecule has 0 spiro atoms. The van der Waals surface area contributed by atoms with Crippen LogP contribution in [0.1, 0.15) is 29.7 Å². The second kappa shape index (κ2) is 12.0. The number of carbonyl (C=O) groups is 1. The van der Waals surface area contributed by atoms with E-state index in [-0.39, 0.29) is 0 Å². The highest BCUT2D eigenvalue weighted by Crippen LogP contribution is 2.34. The normalized spacial score (nSPS) is 11.9. The molecule has 2 N–H and O–H groups in total. The lowest BCUT2D eigenvalue weighted by Crippen LogP contribution is -2.25. The number of benzene rings is 3. The van der Waals surface area contributed by atoms with E-state index in [4.69, 9.17) is 9.47 Å². The number of carbonyl (C=O) groups excluding carboxylic acids is 1. The lowest BCUT2D eigenvalue weighted by Gasteiger charge is -2.15. The molecule has 0 fully saturated rings. The number of hydrogen-bond donors (Lipinski definition) is 2. The molecule has 3 aromatic rings. The molecule has 1 atom stereocenters. The maximum Gasteiger partial charge on any atom is 0.273 e. The molecule has 0 aliphatic carbocycles. The molecule has 0 bridgehead atoms. The summed E-state index contributed by atoms with van der Waals surface area (Å²) in [6.45, 7) is 2.78. The van der Waals surface area contributed by atoms with Crippen molar-refractivity contribution in [3.8, 4) is 11.5 Å². The van der Waals surface area contributed by atoms with E-state index in [9.17, 15) is 9.90 Å². The van der Waals surface area contributed by atoms with Crippen LogP contribution in [-0.4, -0.2) is 23.8 Å². The van der Waals surface area contributed by atoms with Gasteiger partial charge in [-0.1, -0.05) is 58.4 Å². The summed E-state index contributed by atoms with van der Waals surface area (Å²) >= 11 is 5.61. The van der Waals surface area contributed by atoms with Crippen molar-refractivity contribution >= 4 is 50.6 Å². The molecule has 8 heteroatoms. The van der Waals surface area contributed by atoms with Crippen molar-refractivity contribution in [1.29, 1.82) is 0 Å². The Labute approximate surface area is 208 Å². The molecule has 0 saturated carbocycles.